The lowest BCUT2D eigenvalue weighted by Gasteiger charge is -2.16. The number of rotatable bonds is 5. The van der Waals surface area contributed by atoms with Crippen LogP contribution in [-0.2, 0) is 16.6 Å². The topological polar surface area (TPSA) is 87.6 Å². The number of hydrogen-bond acceptors (Lipinski definition) is 5. The van der Waals surface area contributed by atoms with Gasteiger partial charge in [0.15, 0.2) is 0 Å². The van der Waals surface area contributed by atoms with Crippen molar-refractivity contribution in [3.63, 3.8) is 0 Å². The molecule has 0 amide bonds. The van der Waals surface area contributed by atoms with Crippen LogP contribution in [0.5, 0.6) is 0 Å². The Bertz CT molecular complexity index is 710. The first-order valence-corrected chi connectivity index (χ1v) is 7.91. The van der Waals surface area contributed by atoms with Gasteiger partial charge in [-0.15, -0.1) is 11.3 Å². The van der Waals surface area contributed by atoms with E-state index >= 15 is 0 Å². The van der Waals surface area contributed by atoms with Crippen molar-refractivity contribution in [1.82, 2.24) is 9.29 Å². The van der Waals surface area contributed by atoms with Crippen LogP contribution in [0.3, 0.4) is 0 Å². The van der Waals surface area contributed by atoms with Gasteiger partial charge in [0.05, 0.1) is 0 Å². The minimum Gasteiger partial charge on any atom is -0.477 e. The Morgan fingerprint density at radius 3 is 2.80 bits per heavy atom. The highest BCUT2D eigenvalue weighted by atomic mass is 32.2. The van der Waals surface area contributed by atoms with Crippen LogP contribution < -0.4 is 0 Å². The van der Waals surface area contributed by atoms with Crippen LogP contribution in [-0.4, -0.2) is 35.8 Å². The van der Waals surface area contributed by atoms with Crippen molar-refractivity contribution in [1.29, 1.82) is 0 Å². The maximum atomic E-state index is 12.4. The number of carbonyl (C=O) groups is 1. The second kappa shape index (κ2) is 5.70. The van der Waals surface area contributed by atoms with Crippen LogP contribution in [0.2, 0.25) is 0 Å². The van der Waals surface area contributed by atoms with E-state index in [0.717, 1.165) is 21.2 Å². The quantitative estimate of drug-likeness (QED) is 0.907. The lowest BCUT2D eigenvalue weighted by atomic mass is 10.3. The summed E-state index contributed by atoms with van der Waals surface area (Å²) in [5.41, 5.74) is 0.727. The molecule has 0 aliphatic rings. The SMILES string of the molecule is CN(Cc1cccnc1)S(=O)(=O)c1ccsc1C(=O)O. The van der Waals surface area contributed by atoms with Crippen LogP contribution in [0.4, 0.5) is 0 Å². The van der Waals surface area contributed by atoms with Gasteiger partial charge >= 0.3 is 5.97 Å². The summed E-state index contributed by atoms with van der Waals surface area (Å²) in [5.74, 6) is -1.24. The van der Waals surface area contributed by atoms with E-state index in [1.54, 1.807) is 24.5 Å². The Labute approximate surface area is 120 Å². The molecule has 1 N–H and O–H groups in total. The van der Waals surface area contributed by atoms with Crippen LogP contribution >= 0.6 is 11.3 Å². The van der Waals surface area contributed by atoms with Crippen molar-refractivity contribution in [2.75, 3.05) is 7.05 Å². The fourth-order valence-corrected chi connectivity index (χ4v) is 4.05. The molecule has 106 valence electrons. The summed E-state index contributed by atoms with van der Waals surface area (Å²) >= 11 is 0.891. The third-order valence-corrected chi connectivity index (χ3v) is 5.52. The predicted octanol–water partition coefficient (Wildman–Crippen LogP) is 1.66. The lowest BCUT2D eigenvalue weighted by Crippen LogP contribution is -2.27. The first-order chi connectivity index (χ1) is 9.43. The molecule has 0 saturated heterocycles. The average Bonchev–Trinajstić information content (AvgIpc) is 2.89. The molecule has 0 aliphatic carbocycles. The van der Waals surface area contributed by atoms with Crippen LogP contribution in [0.25, 0.3) is 0 Å². The smallest absolute Gasteiger partial charge is 0.347 e. The highest BCUT2D eigenvalue weighted by molar-refractivity contribution is 7.89. The minimum absolute atomic E-state index is 0.130. The largest absolute Gasteiger partial charge is 0.477 e. The number of thiophene rings is 1. The fraction of sp³-hybridized carbons (Fsp3) is 0.167. The second-order valence-electron chi connectivity index (χ2n) is 4.04. The van der Waals surface area contributed by atoms with Gasteiger partial charge in [-0.2, -0.15) is 4.31 Å². The summed E-state index contributed by atoms with van der Waals surface area (Å²) in [4.78, 5) is 14.6. The number of aromatic nitrogens is 1. The van der Waals surface area contributed by atoms with E-state index in [-0.39, 0.29) is 16.3 Å². The Hall–Kier alpha value is -1.77. The summed E-state index contributed by atoms with van der Waals surface area (Å²) in [6, 6.07) is 4.77. The Balaban J connectivity index is 2.30. The number of nitrogens with zero attached hydrogens (tertiary/aromatic N) is 2. The molecule has 0 spiro atoms. The molecule has 0 unspecified atom stereocenters. The molecular weight excluding hydrogens is 300 g/mol. The third kappa shape index (κ3) is 2.87. The molecule has 0 radical (unpaired) electrons. The molecule has 0 atom stereocenters. The van der Waals surface area contributed by atoms with Crippen LogP contribution in [0, 0.1) is 0 Å². The van der Waals surface area contributed by atoms with Crippen molar-refractivity contribution >= 4 is 27.3 Å². The van der Waals surface area contributed by atoms with Gasteiger partial charge < -0.3 is 5.11 Å². The highest BCUT2D eigenvalue weighted by Crippen LogP contribution is 2.25. The molecule has 20 heavy (non-hydrogen) atoms. The number of carboxylic acids is 1. The average molecular weight is 312 g/mol. The third-order valence-electron chi connectivity index (χ3n) is 2.64. The number of sulfonamides is 1. The zero-order chi connectivity index (χ0) is 14.8. The van der Waals surface area contributed by atoms with E-state index < -0.39 is 16.0 Å². The molecule has 2 heterocycles. The molecular formula is C12H12N2O4S2. The van der Waals surface area contributed by atoms with Gasteiger partial charge in [-0.25, -0.2) is 13.2 Å². The van der Waals surface area contributed by atoms with Gasteiger partial charge in [0.25, 0.3) is 0 Å². The zero-order valence-electron chi connectivity index (χ0n) is 10.6. The van der Waals surface area contributed by atoms with Gasteiger partial charge in [-0.1, -0.05) is 6.07 Å². The van der Waals surface area contributed by atoms with Crippen molar-refractivity contribution in [3.05, 3.63) is 46.4 Å². The van der Waals surface area contributed by atoms with Crippen molar-refractivity contribution < 1.29 is 18.3 Å². The standard InChI is InChI=1S/C12H12N2O4S2/c1-14(8-9-3-2-5-13-7-9)20(17,18)10-4-6-19-11(10)12(15)16/h2-7H,8H2,1H3,(H,15,16). The normalized spacial score (nSPS) is 11.7. The van der Waals surface area contributed by atoms with Gasteiger partial charge in [0.1, 0.15) is 9.77 Å². The van der Waals surface area contributed by atoms with Crippen LogP contribution in [0.1, 0.15) is 15.2 Å². The Morgan fingerprint density at radius 2 is 2.20 bits per heavy atom. The number of aromatic carboxylic acids is 1. The maximum absolute atomic E-state index is 12.4. The summed E-state index contributed by atoms with van der Waals surface area (Å²) in [6.07, 6.45) is 3.16. The molecule has 0 aliphatic heterocycles. The van der Waals surface area contributed by atoms with Gasteiger partial charge in [-0.3, -0.25) is 4.98 Å². The molecule has 2 aromatic rings. The lowest BCUT2D eigenvalue weighted by molar-refractivity contribution is 0.0698. The predicted molar refractivity (Wildman–Crippen MR) is 74.2 cm³/mol. The number of pyridine rings is 1. The second-order valence-corrected chi connectivity index (χ2v) is 6.97. The summed E-state index contributed by atoms with van der Waals surface area (Å²) in [5, 5.41) is 10.5. The van der Waals surface area contributed by atoms with Crippen molar-refractivity contribution in [2.45, 2.75) is 11.4 Å². The van der Waals surface area contributed by atoms with Crippen molar-refractivity contribution in [2.24, 2.45) is 0 Å². The maximum Gasteiger partial charge on any atom is 0.347 e. The number of hydrogen-bond donors (Lipinski definition) is 1. The molecule has 6 nitrogen and oxygen atoms in total. The molecule has 0 fully saturated rings. The first-order valence-electron chi connectivity index (χ1n) is 5.59. The molecule has 8 heteroatoms. The summed E-state index contributed by atoms with van der Waals surface area (Å²) in [7, 11) is -2.43. The molecule has 0 bridgehead atoms. The van der Waals surface area contributed by atoms with Gasteiger partial charge in [0.2, 0.25) is 10.0 Å². The van der Waals surface area contributed by atoms with E-state index in [9.17, 15) is 13.2 Å². The van der Waals surface area contributed by atoms with Crippen molar-refractivity contribution in [3.8, 4) is 0 Å². The zero-order valence-corrected chi connectivity index (χ0v) is 12.2. The molecule has 2 rings (SSSR count). The Morgan fingerprint density at radius 1 is 1.45 bits per heavy atom. The van der Waals surface area contributed by atoms with E-state index in [2.05, 4.69) is 4.98 Å². The Kier molecular flexibility index (Phi) is 4.17. The van der Waals surface area contributed by atoms with Crippen LogP contribution in [0.15, 0.2) is 40.9 Å². The fourth-order valence-electron chi connectivity index (χ4n) is 1.66. The molecule has 0 saturated carbocycles. The van der Waals surface area contributed by atoms with E-state index in [4.69, 9.17) is 5.11 Å². The molecule has 2 aromatic heterocycles. The molecule has 0 aromatic carbocycles. The summed E-state index contributed by atoms with van der Waals surface area (Å²) < 4.78 is 25.9. The summed E-state index contributed by atoms with van der Waals surface area (Å²) in [6.45, 7) is 0.130. The number of carboxylic acid groups (broad SMARTS) is 1. The van der Waals surface area contributed by atoms with Gasteiger partial charge in [0, 0.05) is 26.0 Å². The first kappa shape index (κ1) is 14.6. The van der Waals surface area contributed by atoms with Gasteiger partial charge in [-0.05, 0) is 23.1 Å². The van der Waals surface area contributed by atoms with E-state index in [1.807, 2.05) is 0 Å². The minimum atomic E-state index is -3.83. The monoisotopic (exact) mass is 312 g/mol. The van der Waals surface area contributed by atoms with E-state index in [1.165, 1.54) is 18.5 Å². The van der Waals surface area contributed by atoms with E-state index in [0.29, 0.717) is 0 Å². The highest BCUT2D eigenvalue weighted by Gasteiger charge is 2.27.